The minimum atomic E-state index is -0.0470. The van der Waals surface area contributed by atoms with Gasteiger partial charge in [-0.15, -0.1) is 0 Å². The summed E-state index contributed by atoms with van der Waals surface area (Å²) in [6, 6.07) is 15.8. The molecule has 0 fully saturated rings. The van der Waals surface area contributed by atoms with Gasteiger partial charge in [-0.05, 0) is 41.7 Å². The van der Waals surface area contributed by atoms with Crippen LogP contribution in [-0.2, 0) is 19.4 Å². The van der Waals surface area contributed by atoms with Gasteiger partial charge in [-0.3, -0.25) is 0 Å². The van der Waals surface area contributed by atoms with Crippen molar-refractivity contribution in [1.29, 1.82) is 0 Å². The van der Waals surface area contributed by atoms with E-state index in [1.807, 2.05) is 31.3 Å². The molecule has 1 heterocycles. The lowest BCUT2D eigenvalue weighted by Crippen LogP contribution is -2.47. The number of phenolic OH excluding ortho intramolecular Hbond substituents is 1. The van der Waals surface area contributed by atoms with Crippen molar-refractivity contribution in [1.82, 2.24) is 15.5 Å². The van der Waals surface area contributed by atoms with Crippen LogP contribution in [-0.4, -0.2) is 42.2 Å². The maximum Gasteiger partial charge on any atom is 0.317 e. The fourth-order valence-corrected chi connectivity index (χ4v) is 3.10. The fourth-order valence-electron chi connectivity index (χ4n) is 3.10. The first-order valence-corrected chi connectivity index (χ1v) is 8.69. The zero-order valence-electron chi connectivity index (χ0n) is 14.5. The summed E-state index contributed by atoms with van der Waals surface area (Å²) < 4.78 is 0. The third-order valence-corrected chi connectivity index (χ3v) is 4.66. The number of nitrogens with one attached hydrogen (secondary N) is 2. The average Bonchev–Trinajstić information content (AvgIpc) is 2.64. The summed E-state index contributed by atoms with van der Waals surface area (Å²) >= 11 is 0. The summed E-state index contributed by atoms with van der Waals surface area (Å²) in [6.45, 7) is 2.00. The van der Waals surface area contributed by atoms with Crippen molar-refractivity contribution in [2.45, 2.75) is 25.4 Å². The monoisotopic (exact) mass is 339 g/mol. The molecule has 3 rings (SSSR count). The summed E-state index contributed by atoms with van der Waals surface area (Å²) in [5.41, 5.74) is 3.59. The predicted octanol–water partition coefficient (Wildman–Crippen LogP) is 2.29. The first-order valence-electron chi connectivity index (χ1n) is 8.69. The molecule has 1 aliphatic rings. The molecule has 0 radical (unpaired) electrons. The van der Waals surface area contributed by atoms with Gasteiger partial charge in [-0.25, -0.2) is 4.79 Å². The Labute approximate surface area is 148 Å². The van der Waals surface area contributed by atoms with Crippen molar-refractivity contribution >= 4 is 6.03 Å². The Balaban J connectivity index is 1.43. The molecule has 2 aromatic rings. The lowest BCUT2D eigenvalue weighted by atomic mass is 9.95. The van der Waals surface area contributed by atoms with Crippen molar-refractivity contribution in [3.63, 3.8) is 0 Å². The second-order valence-electron chi connectivity index (χ2n) is 6.58. The molecule has 5 heteroatoms. The number of nitrogens with zero attached hydrogens (tertiary/aromatic N) is 1. The number of urea groups is 1. The van der Waals surface area contributed by atoms with E-state index in [1.54, 1.807) is 17.0 Å². The van der Waals surface area contributed by atoms with Crippen LogP contribution in [0.2, 0.25) is 0 Å². The molecule has 1 unspecified atom stereocenters. The number of carbonyl (C=O) groups excluding carboxylic acids is 1. The molecular weight excluding hydrogens is 314 g/mol. The number of carbonyl (C=O) groups is 1. The number of rotatable bonds is 5. The van der Waals surface area contributed by atoms with Crippen molar-refractivity contribution in [3.8, 4) is 5.75 Å². The molecule has 2 amide bonds. The van der Waals surface area contributed by atoms with Crippen LogP contribution in [0.1, 0.15) is 16.7 Å². The van der Waals surface area contributed by atoms with Crippen LogP contribution < -0.4 is 10.6 Å². The van der Waals surface area contributed by atoms with Gasteiger partial charge in [0.1, 0.15) is 5.75 Å². The van der Waals surface area contributed by atoms with Gasteiger partial charge in [-0.1, -0.05) is 36.4 Å². The molecule has 0 aromatic heterocycles. The van der Waals surface area contributed by atoms with Crippen molar-refractivity contribution < 1.29 is 9.90 Å². The van der Waals surface area contributed by atoms with Crippen LogP contribution in [0.25, 0.3) is 0 Å². The van der Waals surface area contributed by atoms with Crippen LogP contribution in [0.5, 0.6) is 5.75 Å². The number of benzene rings is 2. The Morgan fingerprint density at radius 2 is 2.04 bits per heavy atom. The molecule has 5 nitrogen and oxygen atoms in total. The van der Waals surface area contributed by atoms with E-state index in [-0.39, 0.29) is 12.1 Å². The van der Waals surface area contributed by atoms with Gasteiger partial charge in [0.25, 0.3) is 0 Å². The quantitative estimate of drug-likeness (QED) is 0.783. The highest BCUT2D eigenvalue weighted by molar-refractivity contribution is 5.73. The summed E-state index contributed by atoms with van der Waals surface area (Å²) in [7, 11) is 1.82. The molecule has 25 heavy (non-hydrogen) atoms. The Morgan fingerprint density at radius 3 is 2.84 bits per heavy atom. The summed E-state index contributed by atoms with van der Waals surface area (Å²) in [4.78, 5) is 14.0. The fraction of sp³-hybridized carbons (Fsp3) is 0.350. The van der Waals surface area contributed by atoms with E-state index in [9.17, 15) is 9.90 Å². The molecular formula is C20H25N3O2. The molecule has 0 saturated carbocycles. The summed E-state index contributed by atoms with van der Waals surface area (Å²) in [6.07, 6.45) is 1.70. The molecule has 0 aliphatic carbocycles. The number of phenols is 1. The first-order chi connectivity index (χ1) is 12.1. The Morgan fingerprint density at radius 1 is 1.24 bits per heavy atom. The molecule has 0 bridgehead atoms. The van der Waals surface area contributed by atoms with Gasteiger partial charge in [0, 0.05) is 32.7 Å². The molecule has 1 atom stereocenters. The average molecular weight is 339 g/mol. The maximum absolute atomic E-state index is 12.3. The number of likely N-dealkylation sites (N-methyl/N-ethyl adjacent to an activating group) is 1. The zero-order valence-corrected chi connectivity index (χ0v) is 14.5. The smallest absolute Gasteiger partial charge is 0.317 e. The maximum atomic E-state index is 12.3. The topological polar surface area (TPSA) is 64.6 Å². The van der Waals surface area contributed by atoms with E-state index < -0.39 is 0 Å². The van der Waals surface area contributed by atoms with E-state index in [1.165, 1.54) is 11.1 Å². The third kappa shape index (κ3) is 4.73. The molecule has 1 aliphatic heterocycles. The number of fused-ring (bicyclic) bond motifs is 1. The van der Waals surface area contributed by atoms with Gasteiger partial charge in [-0.2, -0.15) is 0 Å². The van der Waals surface area contributed by atoms with Crippen LogP contribution in [0.15, 0.2) is 48.5 Å². The number of hydrogen-bond donors (Lipinski definition) is 3. The number of amides is 2. The molecule has 0 saturated heterocycles. The highest BCUT2D eigenvalue weighted by atomic mass is 16.3. The van der Waals surface area contributed by atoms with E-state index >= 15 is 0 Å². The minimum Gasteiger partial charge on any atom is -0.508 e. The molecule has 132 valence electrons. The minimum absolute atomic E-state index is 0.0470. The molecule has 2 aromatic carbocycles. The standard InChI is InChI=1S/C20H25N3O2/c1-23(10-9-15-5-3-2-4-6-15)20(25)22-14-18-11-16-7-8-19(24)12-17(16)13-21-18/h2-8,12,18,21,24H,9-11,13-14H2,1H3,(H,22,25). The van der Waals surface area contributed by atoms with Gasteiger partial charge >= 0.3 is 6.03 Å². The lowest BCUT2D eigenvalue weighted by molar-refractivity contribution is 0.207. The van der Waals surface area contributed by atoms with Crippen molar-refractivity contribution in [3.05, 3.63) is 65.2 Å². The summed E-state index contributed by atoms with van der Waals surface area (Å²) in [5.74, 6) is 0.298. The normalized spacial score (nSPS) is 16.1. The number of aromatic hydroxyl groups is 1. The SMILES string of the molecule is CN(CCc1ccccc1)C(=O)NCC1Cc2ccc(O)cc2CN1. The highest BCUT2D eigenvalue weighted by Gasteiger charge is 2.19. The van der Waals surface area contributed by atoms with Gasteiger partial charge in [0.2, 0.25) is 0 Å². The Bertz CT molecular complexity index is 718. The van der Waals surface area contributed by atoms with E-state index in [4.69, 9.17) is 0 Å². The van der Waals surface area contributed by atoms with Crippen LogP contribution in [0, 0.1) is 0 Å². The van der Waals surface area contributed by atoms with Crippen molar-refractivity contribution in [2.24, 2.45) is 0 Å². The lowest BCUT2D eigenvalue weighted by Gasteiger charge is -2.27. The summed E-state index contributed by atoms with van der Waals surface area (Å²) in [5, 5.41) is 15.9. The van der Waals surface area contributed by atoms with Gasteiger partial charge in [0.15, 0.2) is 0 Å². The molecule has 0 spiro atoms. The Kier molecular flexibility index (Phi) is 5.56. The third-order valence-electron chi connectivity index (χ3n) is 4.66. The second-order valence-corrected chi connectivity index (χ2v) is 6.58. The highest BCUT2D eigenvalue weighted by Crippen LogP contribution is 2.21. The van der Waals surface area contributed by atoms with E-state index in [0.29, 0.717) is 25.4 Å². The largest absolute Gasteiger partial charge is 0.508 e. The van der Waals surface area contributed by atoms with E-state index in [0.717, 1.165) is 18.4 Å². The van der Waals surface area contributed by atoms with Gasteiger partial charge < -0.3 is 20.6 Å². The predicted molar refractivity (Wildman–Crippen MR) is 98.6 cm³/mol. The van der Waals surface area contributed by atoms with Crippen LogP contribution in [0.3, 0.4) is 0 Å². The first kappa shape index (κ1) is 17.3. The van der Waals surface area contributed by atoms with Crippen LogP contribution >= 0.6 is 0 Å². The van der Waals surface area contributed by atoms with Crippen molar-refractivity contribution in [2.75, 3.05) is 20.1 Å². The van der Waals surface area contributed by atoms with Crippen LogP contribution in [0.4, 0.5) is 4.79 Å². The molecule has 3 N–H and O–H groups in total. The Hall–Kier alpha value is -2.53. The zero-order chi connectivity index (χ0) is 17.6. The van der Waals surface area contributed by atoms with E-state index in [2.05, 4.69) is 22.8 Å². The number of hydrogen-bond acceptors (Lipinski definition) is 3. The second kappa shape index (κ2) is 8.03. The van der Waals surface area contributed by atoms with Gasteiger partial charge in [0.05, 0.1) is 0 Å².